The molecule has 0 spiro atoms. The second kappa shape index (κ2) is 14.8. The van der Waals surface area contributed by atoms with Crippen LogP contribution in [0.1, 0.15) is 25.3 Å². The van der Waals surface area contributed by atoms with Crippen LogP contribution in [0.25, 0.3) is 28.5 Å². The molecular formula is C34H37N7O7S. The number of piperidine rings is 1. The normalized spacial score (nSPS) is 13.7. The third-order valence-corrected chi connectivity index (χ3v) is 9.46. The van der Waals surface area contributed by atoms with E-state index in [2.05, 4.69) is 19.7 Å². The summed E-state index contributed by atoms with van der Waals surface area (Å²) in [5, 5.41) is 0. The number of hydrogen-bond donors (Lipinski definition) is 1. The molecule has 5 aromatic rings. The minimum absolute atomic E-state index is 0.0204. The van der Waals surface area contributed by atoms with E-state index >= 15 is 0 Å². The lowest BCUT2D eigenvalue weighted by Gasteiger charge is -2.31. The number of nitrogens with zero attached hydrogens (tertiary/aromatic N) is 6. The van der Waals surface area contributed by atoms with E-state index in [1.165, 1.54) is 20.4 Å². The Kier molecular flexibility index (Phi) is 10.1. The van der Waals surface area contributed by atoms with Gasteiger partial charge in [-0.2, -0.15) is 0 Å². The number of benzene rings is 2. The third-order valence-electron chi connectivity index (χ3n) is 8.03. The molecule has 1 aliphatic heterocycles. The molecule has 49 heavy (non-hydrogen) atoms. The number of ether oxygens (including phenoxy) is 4. The minimum Gasteiger partial charge on any atom is -0.494 e. The number of hydrogen-bond acceptors (Lipinski definition) is 11. The molecule has 0 saturated carbocycles. The number of likely N-dealkylation sites (tertiary alicyclic amines) is 1. The number of rotatable bonds is 12. The summed E-state index contributed by atoms with van der Waals surface area (Å²) in [5.41, 5.74) is 2.36. The number of sulfonamides is 1. The molecule has 1 N–H and O–H groups in total. The number of fused-ring (bicyclic) bond motifs is 1. The minimum atomic E-state index is -3.84. The van der Waals surface area contributed by atoms with E-state index in [1.54, 1.807) is 45.9 Å². The summed E-state index contributed by atoms with van der Waals surface area (Å²) in [6, 6.07) is 20.1. The van der Waals surface area contributed by atoms with Gasteiger partial charge in [0.1, 0.15) is 29.5 Å². The standard InChI is InChI=1S/C34H37N7O7S/c1-4-47-29-15-8-12-25(36-29)32-38-31-33(41(32)30-26(45-2)13-9-14-27(30)46-3)37-28(20-35-31)39-49(43,44)22-24-16-18-40(19-17-24)34(42)48-21-23-10-6-5-7-11-23/h5-15,20,24H,4,16-19,21-22H2,1-3H3,(H,37,39). The monoisotopic (exact) mass is 687 g/mol. The number of carbonyl (C=O) groups excluding carboxylic acids is 1. The Morgan fingerprint density at radius 1 is 0.918 bits per heavy atom. The average molecular weight is 688 g/mol. The van der Waals surface area contributed by atoms with Crippen molar-refractivity contribution < 1.29 is 32.2 Å². The first-order valence-corrected chi connectivity index (χ1v) is 17.5. The number of amides is 1. The Morgan fingerprint density at radius 2 is 1.63 bits per heavy atom. The number of methoxy groups -OCH3 is 2. The maximum Gasteiger partial charge on any atom is 0.410 e. The predicted octanol–water partition coefficient (Wildman–Crippen LogP) is 5.08. The van der Waals surface area contributed by atoms with Crippen LogP contribution in [0.2, 0.25) is 0 Å². The molecule has 0 atom stereocenters. The van der Waals surface area contributed by atoms with Crippen molar-refractivity contribution >= 4 is 33.2 Å². The number of nitrogens with one attached hydrogen (secondary N) is 1. The quantitative estimate of drug-likeness (QED) is 0.186. The highest BCUT2D eigenvalue weighted by molar-refractivity contribution is 7.92. The second-order valence-corrected chi connectivity index (χ2v) is 13.1. The van der Waals surface area contributed by atoms with Crippen molar-refractivity contribution in [2.75, 3.05) is 44.4 Å². The number of pyridine rings is 1. The Balaban J connectivity index is 1.23. The number of para-hydroxylation sites is 1. The first-order valence-electron chi connectivity index (χ1n) is 15.8. The molecule has 15 heteroatoms. The molecule has 0 radical (unpaired) electrons. The fraction of sp³-hybridized carbons (Fsp3) is 0.324. The average Bonchev–Trinajstić information content (AvgIpc) is 3.49. The highest BCUT2D eigenvalue weighted by Crippen LogP contribution is 2.38. The molecule has 6 rings (SSSR count). The Morgan fingerprint density at radius 3 is 2.33 bits per heavy atom. The molecule has 14 nitrogen and oxygen atoms in total. The van der Waals surface area contributed by atoms with Crippen LogP contribution in [-0.4, -0.2) is 83.6 Å². The maximum absolute atomic E-state index is 13.4. The zero-order valence-corrected chi connectivity index (χ0v) is 28.2. The lowest BCUT2D eigenvalue weighted by Crippen LogP contribution is -2.40. The van der Waals surface area contributed by atoms with Crippen molar-refractivity contribution in [3.8, 4) is 34.6 Å². The molecule has 1 aliphatic rings. The predicted molar refractivity (Wildman–Crippen MR) is 182 cm³/mol. The molecule has 0 bridgehead atoms. The van der Waals surface area contributed by atoms with Crippen LogP contribution in [0.4, 0.5) is 10.6 Å². The van der Waals surface area contributed by atoms with Crippen molar-refractivity contribution in [2.45, 2.75) is 26.4 Å². The van der Waals surface area contributed by atoms with Gasteiger partial charge in [0.2, 0.25) is 15.9 Å². The summed E-state index contributed by atoms with van der Waals surface area (Å²) in [6.45, 7) is 3.29. The second-order valence-electron chi connectivity index (χ2n) is 11.3. The van der Waals surface area contributed by atoms with Gasteiger partial charge >= 0.3 is 6.09 Å². The van der Waals surface area contributed by atoms with Crippen LogP contribution in [0.3, 0.4) is 0 Å². The molecule has 4 heterocycles. The van der Waals surface area contributed by atoms with Gasteiger partial charge in [0.05, 0.1) is 32.8 Å². The summed E-state index contributed by atoms with van der Waals surface area (Å²) in [5.74, 6) is 1.42. The van der Waals surface area contributed by atoms with Crippen LogP contribution < -0.4 is 18.9 Å². The van der Waals surface area contributed by atoms with E-state index in [4.69, 9.17) is 23.9 Å². The van der Waals surface area contributed by atoms with Crippen molar-refractivity contribution in [1.29, 1.82) is 0 Å². The zero-order valence-electron chi connectivity index (χ0n) is 27.4. The summed E-state index contributed by atoms with van der Waals surface area (Å²) in [6.07, 6.45) is 1.96. The molecule has 0 unspecified atom stereocenters. The number of imidazole rings is 1. The van der Waals surface area contributed by atoms with E-state index in [-0.39, 0.29) is 35.4 Å². The SMILES string of the molecule is CCOc1cccc(-c2nc3ncc(NS(=O)(=O)CC4CCN(C(=O)OCc5ccccc5)CC4)nc3n2-c2c(OC)cccc2OC)n1. The zero-order chi connectivity index (χ0) is 34.4. The van der Waals surface area contributed by atoms with E-state index in [0.717, 1.165) is 5.56 Å². The van der Waals surface area contributed by atoms with E-state index in [0.29, 0.717) is 67.1 Å². The van der Waals surface area contributed by atoms with Gasteiger partial charge in [-0.1, -0.05) is 42.5 Å². The summed E-state index contributed by atoms with van der Waals surface area (Å²) >= 11 is 0. The molecule has 3 aromatic heterocycles. The molecule has 1 saturated heterocycles. The number of anilines is 1. The summed E-state index contributed by atoms with van der Waals surface area (Å²) in [4.78, 5) is 32.7. The molecule has 0 aliphatic carbocycles. The van der Waals surface area contributed by atoms with Crippen molar-refractivity contribution in [1.82, 2.24) is 29.4 Å². The van der Waals surface area contributed by atoms with Gasteiger partial charge in [0, 0.05) is 19.2 Å². The molecule has 2 aromatic carbocycles. The van der Waals surface area contributed by atoms with Gasteiger partial charge in [-0.05, 0) is 49.4 Å². The lowest BCUT2D eigenvalue weighted by molar-refractivity contribution is 0.0839. The first kappa shape index (κ1) is 33.5. The van der Waals surface area contributed by atoms with Gasteiger partial charge in [-0.3, -0.25) is 9.29 Å². The smallest absolute Gasteiger partial charge is 0.410 e. The highest BCUT2D eigenvalue weighted by atomic mass is 32.2. The van der Waals surface area contributed by atoms with Crippen molar-refractivity contribution in [2.24, 2.45) is 5.92 Å². The van der Waals surface area contributed by atoms with Gasteiger partial charge in [-0.25, -0.2) is 33.1 Å². The molecule has 256 valence electrons. The Labute approximate surface area is 284 Å². The Hall–Kier alpha value is -5.44. The summed E-state index contributed by atoms with van der Waals surface area (Å²) < 4.78 is 53.5. The number of aromatic nitrogens is 5. The van der Waals surface area contributed by atoms with Gasteiger partial charge < -0.3 is 23.8 Å². The third kappa shape index (κ3) is 7.67. The molecule has 1 fully saturated rings. The topological polar surface area (TPSA) is 160 Å². The highest BCUT2D eigenvalue weighted by Gasteiger charge is 2.29. The fourth-order valence-electron chi connectivity index (χ4n) is 5.71. The van der Waals surface area contributed by atoms with Crippen LogP contribution in [-0.2, 0) is 21.4 Å². The van der Waals surface area contributed by atoms with Gasteiger partial charge in [0.15, 0.2) is 22.9 Å². The number of carbonyl (C=O) groups is 1. The van der Waals surface area contributed by atoms with Crippen LogP contribution in [0.15, 0.2) is 72.9 Å². The van der Waals surface area contributed by atoms with E-state index < -0.39 is 16.1 Å². The fourth-order valence-corrected chi connectivity index (χ4v) is 7.16. The van der Waals surface area contributed by atoms with Crippen molar-refractivity contribution in [3.05, 3.63) is 78.5 Å². The van der Waals surface area contributed by atoms with Crippen LogP contribution >= 0.6 is 0 Å². The Bertz CT molecular complexity index is 2010. The van der Waals surface area contributed by atoms with Crippen molar-refractivity contribution in [3.63, 3.8) is 0 Å². The molecule has 1 amide bonds. The van der Waals surface area contributed by atoms with Gasteiger partial charge in [0.25, 0.3) is 0 Å². The summed E-state index contributed by atoms with van der Waals surface area (Å²) in [7, 11) is -0.770. The first-order chi connectivity index (χ1) is 23.8. The van der Waals surface area contributed by atoms with Crippen LogP contribution in [0.5, 0.6) is 17.4 Å². The largest absolute Gasteiger partial charge is 0.494 e. The lowest BCUT2D eigenvalue weighted by atomic mass is 9.99. The van der Waals surface area contributed by atoms with Crippen LogP contribution in [0, 0.1) is 5.92 Å². The van der Waals surface area contributed by atoms with E-state index in [1.807, 2.05) is 37.3 Å². The molecular weight excluding hydrogens is 650 g/mol. The maximum atomic E-state index is 13.4. The van der Waals surface area contributed by atoms with E-state index in [9.17, 15) is 13.2 Å². The van der Waals surface area contributed by atoms with Gasteiger partial charge in [-0.15, -0.1) is 0 Å².